The maximum absolute atomic E-state index is 12.8. The number of aromatic nitrogens is 2. The molecule has 1 N–H and O–H groups in total. The molecule has 3 rings (SSSR count). The van der Waals surface area contributed by atoms with Crippen molar-refractivity contribution < 1.29 is 14.3 Å². The van der Waals surface area contributed by atoms with Gasteiger partial charge in [0.15, 0.2) is 0 Å². The van der Waals surface area contributed by atoms with Gasteiger partial charge in [0.25, 0.3) is 5.91 Å². The van der Waals surface area contributed by atoms with Gasteiger partial charge >= 0.3 is 0 Å². The average molecular weight is 408 g/mol. The van der Waals surface area contributed by atoms with Crippen molar-refractivity contribution in [1.82, 2.24) is 15.1 Å². The molecule has 0 aliphatic carbocycles. The molecule has 2 aromatic carbocycles. The van der Waals surface area contributed by atoms with Crippen LogP contribution in [0.2, 0.25) is 0 Å². The lowest BCUT2D eigenvalue weighted by atomic mass is 10.1. The van der Waals surface area contributed by atoms with Crippen LogP contribution in [0.25, 0.3) is 0 Å². The van der Waals surface area contributed by atoms with E-state index in [2.05, 4.69) is 16.5 Å². The van der Waals surface area contributed by atoms with E-state index >= 15 is 0 Å². The van der Waals surface area contributed by atoms with Gasteiger partial charge in [-0.05, 0) is 69.2 Å². The molecule has 1 aromatic heterocycles. The van der Waals surface area contributed by atoms with E-state index in [-0.39, 0.29) is 11.9 Å². The van der Waals surface area contributed by atoms with Crippen LogP contribution in [0.4, 0.5) is 0 Å². The first-order valence-corrected chi connectivity index (χ1v) is 10.1. The number of hydrogen-bond acceptors (Lipinski definition) is 4. The number of hydrogen-bond donors (Lipinski definition) is 1. The standard InChI is InChI=1S/C24H29N3O3/c1-6-27-12-11-21(26-27)18(4)25-24(28)19-9-10-22(29-5)20(14-19)15-30-23-13-16(2)7-8-17(23)3/h7-14,18H,6,15H2,1-5H3,(H,25,28). The molecule has 158 valence electrons. The van der Waals surface area contributed by atoms with Crippen LogP contribution in [-0.4, -0.2) is 22.8 Å². The lowest BCUT2D eigenvalue weighted by molar-refractivity contribution is 0.0938. The third kappa shape index (κ3) is 5.00. The van der Waals surface area contributed by atoms with Crippen molar-refractivity contribution in [1.29, 1.82) is 0 Å². The second-order valence-electron chi connectivity index (χ2n) is 7.38. The molecule has 0 fully saturated rings. The minimum atomic E-state index is -0.193. The zero-order valence-electron chi connectivity index (χ0n) is 18.2. The largest absolute Gasteiger partial charge is 0.496 e. The fourth-order valence-corrected chi connectivity index (χ4v) is 3.19. The Morgan fingerprint density at radius 2 is 1.93 bits per heavy atom. The normalized spacial score (nSPS) is 11.8. The smallest absolute Gasteiger partial charge is 0.251 e. The summed E-state index contributed by atoms with van der Waals surface area (Å²) in [4.78, 5) is 12.8. The second kappa shape index (κ2) is 9.48. The van der Waals surface area contributed by atoms with Crippen molar-refractivity contribution in [3.63, 3.8) is 0 Å². The minimum Gasteiger partial charge on any atom is -0.496 e. The predicted molar refractivity (Wildman–Crippen MR) is 117 cm³/mol. The Bertz CT molecular complexity index is 1030. The summed E-state index contributed by atoms with van der Waals surface area (Å²) in [6.45, 7) is 9.10. The molecule has 0 bridgehead atoms. The van der Waals surface area contributed by atoms with Gasteiger partial charge in [-0.3, -0.25) is 9.48 Å². The van der Waals surface area contributed by atoms with E-state index in [0.717, 1.165) is 34.7 Å². The van der Waals surface area contributed by atoms with Crippen LogP contribution in [0.5, 0.6) is 11.5 Å². The Kier molecular flexibility index (Phi) is 6.77. The SMILES string of the molecule is CCn1ccc(C(C)NC(=O)c2ccc(OC)c(COc3cc(C)ccc3C)c2)n1. The summed E-state index contributed by atoms with van der Waals surface area (Å²) in [5.41, 5.74) is 4.40. The van der Waals surface area contributed by atoms with E-state index in [1.165, 1.54) is 0 Å². The summed E-state index contributed by atoms with van der Waals surface area (Å²) in [7, 11) is 1.61. The van der Waals surface area contributed by atoms with E-state index < -0.39 is 0 Å². The van der Waals surface area contributed by atoms with Gasteiger partial charge in [0.2, 0.25) is 0 Å². The van der Waals surface area contributed by atoms with Gasteiger partial charge in [-0.15, -0.1) is 0 Å². The lowest BCUT2D eigenvalue weighted by Crippen LogP contribution is -2.27. The monoisotopic (exact) mass is 407 g/mol. The van der Waals surface area contributed by atoms with Crippen LogP contribution >= 0.6 is 0 Å². The van der Waals surface area contributed by atoms with E-state index in [1.807, 2.05) is 62.8 Å². The number of carbonyl (C=O) groups is 1. The van der Waals surface area contributed by atoms with Crippen LogP contribution in [0.3, 0.4) is 0 Å². The number of nitrogens with zero attached hydrogens (tertiary/aromatic N) is 2. The Hall–Kier alpha value is -3.28. The molecule has 1 atom stereocenters. The van der Waals surface area contributed by atoms with E-state index in [1.54, 1.807) is 19.2 Å². The molecule has 0 radical (unpaired) electrons. The summed E-state index contributed by atoms with van der Waals surface area (Å²) in [6, 6.07) is 13.2. The van der Waals surface area contributed by atoms with E-state index in [4.69, 9.17) is 9.47 Å². The van der Waals surface area contributed by atoms with Gasteiger partial charge in [0.1, 0.15) is 18.1 Å². The molecule has 1 unspecified atom stereocenters. The third-order valence-corrected chi connectivity index (χ3v) is 5.05. The van der Waals surface area contributed by atoms with Crippen molar-refractivity contribution >= 4 is 5.91 Å². The number of rotatable bonds is 8. The lowest BCUT2D eigenvalue weighted by Gasteiger charge is -2.15. The quantitative estimate of drug-likeness (QED) is 0.593. The zero-order chi connectivity index (χ0) is 21.7. The molecule has 0 saturated carbocycles. The van der Waals surface area contributed by atoms with Crippen LogP contribution in [0.1, 0.15) is 52.6 Å². The van der Waals surface area contributed by atoms with E-state index in [0.29, 0.717) is 17.9 Å². The molecule has 1 amide bonds. The fourth-order valence-electron chi connectivity index (χ4n) is 3.19. The first-order valence-electron chi connectivity index (χ1n) is 10.1. The molecule has 0 saturated heterocycles. The number of methoxy groups -OCH3 is 1. The van der Waals surface area contributed by atoms with Crippen LogP contribution in [0.15, 0.2) is 48.7 Å². The third-order valence-electron chi connectivity index (χ3n) is 5.05. The van der Waals surface area contributed by atoms with Crippen LogP contribution in [0, 0.1) is 13.8 Å². The molecule has 1 heterocycles. The maximum Gasteiger partial charge on any atom is 0.251 e. The number of amides is 1. The fraction of sp³-hybridized carbons (Fsp3) is 0.333. The molecular formula is C24H29N3O3. The highest BCUT2D eigenvalue weighted by molar-refractivity contribution is 5.94. The van der Waals surface area contributed by atoms with Crippen molar-refractivity contribution in [2.75, 3.05) is 7.11 Å². The maximum atomic E-state index is 12.8. The van der Waals surface area contributed by atoms with Gasteiger partial charge in [-0.1, -0.05) is 12.1 Å². The van der Waals surface area contributed by atoms with Gasteiger partial charge < -0.3 is 14.8 Å². The Morgan fingerprint density at radius 3 is 2.63 bits per heavy atom. The molecule has 6 nitrogen and oxygen atoms in total. The summed E-state index contributed by atoms with van der Waals surface area (Å²) < 4.78 is 13.3. The van der Waals surface area contributed by atoms with Gasteiger partial charge in [0, 0.05) is 23.9 Å². The zero-order valence-corrected chi connectivity index (χ0v) is 18.2. The summed E-state index contributed by atoms with van der Waals surface area (Å²) in [6.07, 6.45) is 1.91. The van der Waals surface area contributed by atoms with Crippen molar-refractivity contribution in [3.8, 4) is 11.5 Å². The van der Waals surface area contributed by atoms with Crippen LogP contribution < -0.4 is 14.8 Å². The first kappa shape index (κ1) is 21.4. The van der Waals surface area contributed by atoms with Gasteiger partial charge in [-0.25, -0.2) is 0 Å². The molecule has 0 aliphatic rings. The highest BCUT2D eigenvalue weighted by atomic mass is 16.5. The minimum absolute atomic E-state index is 0.163. The first-order chi connectivity index (χ1) is 14.4. The highest BCUT2D eigenvalue weighted by Gasteiger charge is 2.16. The predicted octanol–water partition coefficient (Wildman–Crippen LogP) is 4.60. The summed E-state index contributed by atoms with van der Waals surface area (Å²) in [5, 5.41) is 7.47. The van der Waals surface area contributed by atoms with Crippen molar-refractivity contribution in [2.45, 2.75) is 46.9 Å². The van der Waals surface area contributed by atoms with Crippen molar-refractivity contribution in [2.24, 2.45) is 0 Å². The molecular weight excluding hydrogens is 378 g/mol. The Morgan fingerprint density at radius 1 is 1.13 bits per heavy atom. The summed E-state index contributed by atoms with van der Waals surface area (Å²) in [5.74, 6) is 1.35. The Balaban J connectivity index is 1.74. The Labute approximate surface area is 177 Å². The number of nitrogens with one attached hydrogen (secondary N) is 1. The number of carbonyl (C=O) groups excluding carboxylic acids is 1. The molecule has 30 heavy (non-hydrogen) atoms. The molecule has 0 spiro atoms. The molecule has 6 heteroatoms. The summed E-state index contributed by atoms with van der Waals surface area (Å²) >= 11 is 0. The molecule has 0 aliphatic heterocycles. The second-order valence-corrected chi connectivity index (χ2v) is 7.38. The topological polar surface area (TPSA) is 65.4 Å². The number of ether oxygens (including phenoxy) is 2. The number of aryl methyl sites for hydroxylation is 3. The van der Waals surface area contributed by atoms with E-state index in [9.17, 15) is 4.79 Å². The number of benzene rings is 2. The van der Waals surface area contributed by atoms with Gasteiger partial charge in [-0.2, -0.15) is 5.10 Å². The van der Waals surface area contributed by atoms with Crippen LogP contribution in [-0.2, 0) is 13.2 Å². The molecule has 3 aromatic rings. The van der Waals surface area contributed by atoms with Gasteiger partial charge in [0.05, 0.1) is 18.8 Å². The highest BCUT2D eigenvalue weighted by Crippen LogP contribution is 2.25. The average Bonchev–Trinajstić information content (AvgIpc) is 3.23. The van der Waals surface area contributed by atoms with Crippen molar-refractivity contribution in [3.05, 3.63) is 76.6 Å².